The molecule has 0 aromatic heterocycles. The predicted molar refractivity (Wildman–Crippen MR) is 182 cm³/mol. The summed E-state index contributed by atoms with van der Waals surface area (Å²) in [5, 5.41) is 14.1. The Hall–Kier alpha value is -1.51. The van der Waals surface area contributed by atoms with Gasteiger partial charge in [-0.1, -0.05) is 76.2 Å². The van der Waals surface area contributed by atoms with Gasteiger partial charge >= 0.3 is 0 Å². The first-order valence-electron chi connectivity index (χ1n) is 15.9. The van der Waals surface area contributed by atoms with Crippen LogP contribution in [-0.4, -0.2) is 64.4 Å². The van der Waals surface area contributed by atoms with E-state index in [2.05, 4.69) is 97.5 Å². The van der Waals surface area contributed by atoms with Crippen molar-refractivity contribution in [3.05, 3.63) is 59.7 Å². The maximum Gasteiger partial charge on any atom is 0.00914 e. The molecule has 0 aliphatic carbocycles. The highest BCUT2D eigenvalue weighted by Crippen LogP contribution is 2.24. The standard InChI is InChI=1S/C34H60N6.ClH/c1-27(2)25-39-16-8-14-37-18-12-33(35)23-29-20-30(22-32(21-29)31-10-6-5-7-11-31)24-34(36)13-19-38-15-9-17-40-26-28(3)4;/h5-7,10-11,20-22,27-28,33-34,37-40H,8-9,12-19,23-26,35-36H2,1-4H3;1H. The SMILES string of the molecule is CC(C)CNCCCNCCC(N)Cc1cc(CC(N)CCNCCCNCC(C)C)cc(-c2ccccc2)c1.Cl. The normalized spacial score (nSPS) is 13.0. The Morgan fingerprint density at radius 2 is 1.00 bits per heavy atom. The van der Waals surface area contributed by atoms with Crippen molar-refractivity contribution in [1.82, 2.24) is 21.3 Å². The van der Waals surface area contributed by atoms with Crippen LogP contribution in [0.1, 0.15) is 64.5 Å². The lowest BCUT2D eigenvalue weighted by atomic mass is 9.93. The molecule has 0 aliphatic heterocycles. The van der Waals surface area contributed by atoms with Crippen molar-refractivity contribution in [2.24, 2.45) is 23.3 Å². The summed E-state index contributed by atoms with van der Waals surface area (Å²) in [6.07, 6.45) is 6.01. The Labute approximate surface area is 258 Å². The largest absolute Gasteiger partial charge is 0.327 e. The van der Waals surface area contributed by atoms with Gasteiger partial charge in [0.2, 0.25) is 0 Å². The zero-order valence-electron chi connectivity index (χ0n) is 26.4. The van der Waals surface area contributed by atoms with Crippen molar-refractivity contribution in [3.8, 4) is 11.1 Å². The fourth-order valence-electron chi connectivity index (χ4n) is 4.89. The van der Waals surface area contributed by atoms with Crippen LogP contribution in [0.15, 0.2) is 48.5 Å². The van der Waals surface area contributed by atoms with Crippen LogP contribution in [0.25, 0.3) is 11.1 Å². The van der Waals surface area contributed by atoms with Gasteiger partial charge in [-0.2, -0.15) is 0 Å². The van der Waals surface area contributed by atoms with E-state index < -0.39 is 0 Å². The average molecular weight is 589 g/mol. The monoisotopic (exact) mass is 588 g/mol. The number of rotatable bonds is 23. The van der Waals surface area contributed by atoms with Crippen molar-refractivity contribution < 1.29 is 0 Å². The molecule has 0 saturated carbocycles. The molecule has 0 saturated heterocycles. The second kappa shape index (κ2) is 23.0. The molecule has 0 aliphatic rings. The van der Waals surface area contributed by atoms with Crippen LogP contribution in [0, 0.1) is 11.8 Å². The van der Waals surface area contributed by atoms with Gasteiger partial charge in [0.1, 0.15) is 0 Å². The molecule has 0 amide bonds. The molecule has 6 nitrogen and oxygen atoms in total. The predicted octanol–water partition coefficient (Wildman–Crippen LogP) is 4.75. The van der Waals surface area contributed by atoms with E-state index in [0.29, 0.717) is 11.8 Å². The molecule has 41 heavy (non-hydrogen) atoms. The Morgan fingerprint density at radius 3 is 1.44 bits per heavy atom. The van der Waals surface area contributed by atoms with Crippen LogP contribution in [0.4, 0.5) is 0 Å². The quantitative estimate of drug-likeness (QED) is 0.105. The zero-order valence-corrected chi connectivity index (χ0v) is 27.2. The Kier molecular flexibility index (Phi) is 21.1. The Bertz CT molecular complexity index is 842. The highest BCUT2D eigenvalue weighted by Gasteiger charge is 2.11. The van der Waals surface area contributed by atoms with Crippen LogP contribution in [0.2, 0.25) is 0 Å². The van der Waals surface area contributed by atoms with Gasteiger partial charge in [0.15, 0.2) is 0 Å². The van der Waals surface area contributed by atoms with Crippen LogP contribution in [0.3, 0.4) is 0 Å². The molecule has 2 atom stereocenters. The number of hydrogen-bond acceptors (Lipinski definition) is 6. The third-order valence-electron chi connectivity index (χ3n) is 7.06. The van der Waals surface area contributed by atoms with E-state index in [1.807, 2.05) is 0 Å². The summed E-state index contributed by atoms with van der Waals surface area (Å²) in [5.41, 5.74) is 18.3. The first-order valence-corrected chi connectivity index (χ1v) is 15.9. The van der Waals surface area contributed by atoms with E-state index in [9.17, 15) is 0 Å². The summed E-state index contributed by atoms with van der Waals surface area (Å²) in [6, 6.07) is 17.9. The molecule has 0 radical (unpaired) electrons. The highest BCUT2D eigenvalue weighted by molar-refractivity contribution is 5.85. The summed E-state index contributed by atoms with van der Waals surface area (Å²) in [6.45, 7) is 17.3. The van der Waals surface area contributed by atoms with Gasteiger partial charge in [0.25, 0.3) is 0 Å². The lowest BCUT2D eigenvalue weighted by molar-refractivity contribution is 0.515. The van der Waals surface area contributed by atoms with Crippen LogP contribution in [0.5, 0.6) is 0 Å². The summed E-state index contributed by atoms with van der Waals surface area (Å²) in [5.74, 6) is 1.41. The minimum Gasteiger partial charge on any atom is -0.327 e. The lowest BCUT2D eigenvalue weighted by Crippen LogP contribution is -2.31. The smallest absolute Gasteiger partial charge is 0.00914 e. The van der Waals surface area contributed by atoms with Crippen LogP contribution >= 0.6 is 12.4 Å². The molecule has 2 aromatic carbocycles. The van der Waals surface area contributed by atoms with Gasteiger partial charge in [0.05, 0.1) is 0 Å². The second-order valence-electron chi connectivity index (χ2n) is 12.3. The Balaban J connectivity index is 0.00000840. The van der Waals surface area contributed by atoms with Gasteiger partial charge in [-0.05, 0) is 125 Å². The molecule has 234 valence electrons. The molecule has 8 N–H and O–H groups in total. The average Bonchev–Trinajstić information content (AvgIpc) is 2.91. The van der Waals surface area contributed by atoms with Crippen molar-refractivity contribution in [1.29, 1.82) is 0 Å². The maximum atomic E-state index is 6.59. The van der Waals surface area contributed by atoms with Crippen LogP contribution < -0.4 is 32.7 Å². The zero-order chi connectivity index (χ0) is 29.0. The first kappa shape index (κ1) is 37.5. The molecule has 2 unspecified atom stereocenters. The topological polar surface area (TPSA) is 100 Å². The molecule has 2 aromatic rings. The number of hydrogen-bond donors (Lipinski definition) is 6. The summed E-state index contributed by atoms with van der Waals surface area (Å²) >= 11 is 0. The molecule has 2 rings (SSSR count). The molecular weight excluding hydrogens is 528 g/mol. The molecule has 7 heteroatoms. The molecule has 0 fully saturated rings. The van der Waals surface area contributed by atoms with Gasteiger partial charge in [-0.15, -0.1) is 12.4 Å². The number of nitrogens with one attached hydrogen (secondary N) is 4. The number of benzene rings is 2. The van der Waals surface area contributed by atoms with E-state index in [-0.39, 0.29) is 24.5 Å². The van der Waals surface area contributed by atoms with E-state index >= 15 is 0 Å². The van der Waals surface area contributed by atoms with Gasteiger partial charge in [-0.25, -0.2) is 0 Å². The van der Waals surface area contributed by atoms with E-state index in [1.165, 1.54) is 22.3 Å². The highest BCUT2D eigenvalue weighted by atomic mass is 35.5. The molecular formula is C34H61ClN6. The first-order chi connectivity index (χ1) is 19.3. The molecule has 0 heterocycles. The lowest BCUT2D eigenvalue weighted by Gasteiger charge is -2.17. The molecule has 0 bridgehead atoms. The summed E-state index contributed by atoms with van der Waals surface area (Å²) in [7, 11) is 0. The van der Waals surface area contributed by atoms with Crippen LogP contribution in [-0.2, 0) is 12.8 Å². The Morgan fingerprint density at radius 1 is 0.561 bits per heavy atom. The third kappa shape index (κ3) is 18.6. The van der Waals surface area contributed by atoms with E-state index in [1.54, 1.807) is 0 Å². The molecule has 0 spiro atoms. The third-order valence-corrected chi connectivity index (χ3v) is 7.06. The minimum atomic E-state index is 0. The fourth-order valence-corrected chi connectivity index (χ4v) is 4.89. The maximum absolute atomic E-state index is 6.59. The van der Waals surface area contributed by atoms with Crippen molar-refractivity contribution in [2.75, 3.05) is 52.4 Å². The number of nitrogens with two attached hydrogens (primary N) is 2. The minimum absolute atomic E-state index is 0. The van der Waals surface area contributed by atoms with Crippen molar-refractivity contribution >= 4 is 12.4 Å². The van der Waals surface area contributed by atoms with Gasteiger partial charge < -0.3 is 32.7 Å². The summed E-state index contributed by atoms with van der Waals surface area (Å²) in [4.78, 5) is 0. The summed E-state index contributed by atoms with van der Waals surface area (Å²) < 4.78 is 0. The number of halogens is 1. The van der Waals surface area contributed by atoms with E-state index in [4.69, 9.17) is 11.5 Å². The van der Waals surface area contributed by atoms with Gasteiger partial charge in [-0.3, -0.25) is 0 Å². The fraction of sp³-hybridized carbons (Fsp3) is 0.647. The van der Waals surface area contributed by atoms with E-state index in [0.717, 1.165) is 90.9 Å². The van der Waals surface area contributed by atoms with Gasteiger partial charge in [0, 0.05) is 12.1 Å². The second-order valence-corrected chi connectivity index (χ2v) is 12.3. The van der Waals surface area contributed by atoms with Crippen molar-refractivity contribution in [2.45, 2.75) is 78.3 Å². The van der Waals surface area contributed by atoms with Crippen molar-refractivity contribution in [3.63, 3.8) is 0 Å².